The van der Waals surface area contributed by atoms with Gasteiger partial charge in [0.15, 0.2) is 0 Å². The Balaban J connectivity index is 2.27. The van der Waals surface area contributed by atoms with Crippen molar-refractivity contribution in [2.24, 2.45) is 11.5 Å². The first-order chi connectivity index (χ1) is 9.65. The van der Waals surface area contributed by atoms with Gasteiger partial charge in [-0.1, -0.05) is 18.2 Å². The number of hydrogen-bond acceptors (Lipinski definition) is 3. The van der Waals surface area contributed by atoms with Gasteiger partial charge in [-0.15, -0.1) is 0 Å². The summed E-state index contributed by atoms with van der Waals surface area (Å²) in [5, 5.41) is 0. The van der Waals surface area contributed by atoms with Crippen LogP contribution in [0.1, 0.15) is 35.2 Å². The number of hydrogen-bond donors (Lipinski definition) is 2. The Hall–Kier alpha value is -1.88. The summed E-state index contributed by atoms with van der Waals surface area (Å²) in [6.07, 6.45) is 3.15. The second kappa shape index (κ2) is 6.52. The first kappa shape index (κ1) is 14.5. The van der Waals surface area contributed by atoms with Gasteiger partial charge in [0.2, 0.25) is 5.91 Å². The number of carbonyl (C=O) groups is 2. The van der Waals surface area contributed by atoms with Crippen molar-refractivity contribution in [2.45, 2.75) is 31.7 Å². The molecule has 1 unspecified atom stereocenters. The number of piperidine rings is 1. The predicted octanol–water partition coefficient (Wildman–Crippen LogP) is 0.668. The Bertz CT molecular complexity index is 502. The highest BCUT2D eigenvalue weighted by molar-refractivity contribution is 5.98. The van der Waals surface area contributed by atoms with Crippen LogP contribution in [0.3, 0.4) is 0 Å². The van der Waals surface area contributed by atoms with E-state index < -0.39 is 11.9 Å². The smallest absolute Gasteiger partial charge is 0.254 e. The molecule has 5 heteroatoms. The first-order valence-electron chi connectivity index (χ1n) is 7.03. The Labute approximate surface area is 118 Å². The zero-order valence-corrected chi connectivity index (χ0v) is 11.5. The number of primary amides is 1. The van der Waals surface area contributed by atoms with Gasteiger partial charge in [-0.3, -0.25) is 9.59 Å². The molecule has 1 atom stereocenters. The third kappa shape index (κ3) is 2.99. The van der Waals surface area contributed by atoms with Crippen LogP contribution in [0.4, 0.5) is 0 Å². The van der Waals surface area contributed by atoms with E-state index in [1.54, 1.807) is 11.0 Å². The van der Waals surface area contributed by atoms with Gasteiger partial charge in [-0.25, -0.2) is 0 Å². The minimum absolute atomic E-state index is 0.113. The molecule has 1 saturated heterocycles. The van der Waals surface area contributed by atoms with E-state index in [4.69, 9.17) is 11.5 Å². The van der Waals surface area contributed by atoms with Crippen molar-refractivity contribution in [1.82, 2.24) is 4.90 Å². The second-order valence-corrected chi connectivity index (χ2v) is 5.11. The maximum atomic E-state index is 12.7. The quantitative estimate of drug-likeness (QED) is 0.846. The highest BCUT2D eigenvalue weighted by atomic mass is 16.2. The molecule has 1 fully saturated rings. The van der Waals surface area contributed by atoms with E-state index in [0.29, 0.717) is 31.5 Å². The second-order valence-electron chi connectivity index (χ2n) is 5.11. The lowest BCUT2D eigenvalue weighted by molar-refractivity contribution is -0.123. The van der Waals surface area contributed by atoms with Crippen molar-refractivity contribution in [3.8, 4) is 0 Å². The molecule has 1 aliphatic heterocycles. The number of amides is 2. The number of carbonyl (C=O) groups excluding carboxylic acids is 2. The molecule has 2 amide bonds. The number of nitrogens with two attached hydrogens (primary N) is 2. The topological polar surface area (TPSA) is 89.4 Å². The van der Waals surface area contributed by atoms with Crippen LogP contribution in [0, 0.1) is 0 Å². The van der Waals surface area contributed by atoms with E-state index in [-0.39, 0.29) is 5.91 Å². The van der Waals surface area contributed by atoms with Crippen LogP contribution >= 0.6 is 0 Å². The van der Waals surface area contributed by atoms with E-state index in [9.17, 15) is 9.59 Å². The predicted molar refractivity (Wildman–Crippen MR) is 77.1 cm³/mol. The van der Waals surface area contributed by atoms with Crippen molar-refractivity contribution in [3.63, 3.8) is 0 Å². The summed E-state index contributed by atoms with van der Waals surface area (Å²) < 4.78 is 0. The summed E-state index contributed by atoms with van der Waals surface area (Å²) in [7, 11) is 0. The van der Waals surface area contributed by atoms with E-state index >= 15 is 0 Å². The van der Waals surface area contributed by atoms with E-state index in [1.807, 2.05) is 18.2 Å². The third-order valence-electron chi connectivity index (χ3n) is 3.75. The van der Waals surface area contributed by atoms with Crippen LogP contribution in [-0.4, -0.2) is 35.8 Å². The van der Waals surface area contributed by atoms with Crippen molar-refractivity contribution in [2.75, 3.05) is 13.1 Å². The standard InChI is InChI=1S/C15H21N3O2/c16-9-8-11-5-1-2-6-12(11)15(20)18-10-4-3-7-13(18)14(17)19/h1-2,5-6,13H,3-4,7-10,16H2,(H2,17,19). The van der Waals surface area contributed by atoms with Crippen LogP contribution in [-0.2, 0) is 11.2 Å². The van der Waals surface area contributed by atoms with Gasteiger partial charge in [0.05, 0.1) is 0 Å². The maximum Gasteiger partial charge on any atom is 0.254 e. The maximum absolute atomic E-state index is 12.7. The van der Waals surface area contributed by atoms with Crippen molar-refractivity contribution in [3.05, 3.63) is 35.4 Å². The molecule has 1 heterocycles. The van der Waals surface area contributed by atoms with E-state index in [0.717, 1.165) is 18.4 Å². The molecule has 4 N–H and O–H groups in total. The number of nitrogens with zero attached hydrogens (tertiary/aromatic N) is 1. The SMILES string of the molecule is NCCc1ccccc1C(=O)N1CCCCC1C(N)=O. The van der Waals surface area contributed by atoms with Crippen molar-refractivity contribution >= 4 is 11.8 Å². The van der Waals surface area contributed by atoms with Crippen molar-refractivity contribution in [1.29, 1.82) is 0 Å². The molecule has 108 valence electrons. The van der Waals surface area contributed by atoms with Crippen LogP contribution < -0.4 is 11.5 Å². The molecule has 1 aromatic rings. The molecule has 1 aromatic carbocycles. The highest BCUT2D eigenvalue weighted by Crippen LogP contribution is 2.21. The Morgan fingerprint density at radius 1 is 1.25 bits per heavy atom. The number of benzene rings is 1. The van der Waals surface area contributed by atoms with Crippen molar-refractivity contribution < 1.29 is 9.59 Å². The van der Waals surface area contributed by atoms with E-state index in [2.05, 4.69) is 0 Å². The Morgan fingerprint density at radius 3 is 2.70 bits per heavy atom. The zero-order valence-electron chi connectivity index (χ0n) is 11.5. The summed E-state index contributed by atoms with van der Waals surface area (Å²) in [5.41, 5.74) is 12.6. The summed E-state index contributed by atoms with van der Waals surface area (Å²) in [6.45, 7) is 1.08. The normalized spacial score (nSPS) is 18.9. The fraction of sp³-hybridized carbons (Fsp3) is 0.467. The number of rotatable bonds is 4. The Morgan fingerprint density at radius 2 is 2.00 bits per heavy atom. The van der Waals surface area contributed by atoms with Crippen LogP contribution in [0.25, 0.3) is 0 Å². The average molecular weight is 275 g/mol. The third-order valence-corrected chi connectivity index (χ3v) is 3.75. The minimum atomic E-state index is -0.484. The molecular weight excluding hydrogens is 254 g/mol. The minimum Gasteiger partial charge on any atom is -0.368 e. The number of likely N-dealkylation sites (tertiary alicyclic amines) is 1. The monoisotopic (exact) mass is 275 g/mol. The van der Waals surface area contributed by atoms with Gasteiger partial charge in [0.1, 0.15) is 6.04 Å². The molecule has 0 saturated carbocycles. The summed E-state index contributed by atoms with van der Waals surface area (Å²) >= 11 is 0. The zero-order chi connectivity index (χ0) is 14.5. The molecule has 1 aliphatic rings. The highest BCUT2D eigenvalue weighted by Gasteiger charge is 2.31. The van der Waals surface area contributed by atoms with Gasteiger partial charge in [-0.05, 0) is 43.9 Å². The van der Waals surface area contributed by atoms with Crippen LogP contribution in [0.2, 0.25) is 0 Å². The van der Waals surface area contributed by atoms with Gasteiger partial charge in [0, 0.05) is 12.1 Å². The van der Waals surface area contributed by atoms with Gasteiger partial charge in [-0.2, -0.15) is 0 Å². The molecule has 0 radical (unpaired) electrons. The van der Waals surface area contributed by atoms with Gasteiger partial charge in [0.25, 0.3) is 5.91 Å². The Kier molecular flexibility index (Phi) is 4.74. The summed E-state index contributed by atoms with van der Waals surface area (Å²) in [4.78, 5) is 25.8. The van der Waals surface area contributed by atoms with Crippen LogP contribution in [0.15, 0.2) is 24.3 Å². The summed E-state index contributed by atoms with van der Waals surface area (Å²) in [5.74, 6) is -0.535. The molecule has 0 aliphatic carbocycles. The fourth-order valence-electron chi connectivity index (χ4n) is 2.73. The van der Waals surface area contributed by atoms with Crippen LogP contribution in [0.5, 0.6) is 0 Å². The van der Waals surface area contributed by atoms with Gasteiger partial charge >= 0.3 is 0 Å². The molecule has 2 rings (SSSR count). The molecular formula is C15H21N3O2. The molecule has 0 bridgehead atoms. The lowest BCUT2D eigenvalue weighted by atomic mass is 9.98. The average Bonchev–Trinajstić information content (AvgIpc) is 2.47. The summed E-state index contributed by atoms with van der Waals surface area (Å²) in [6, 6.07) is 6.94. The van der Waals surface area contributed by atoms with E-state index in [1.165, 1.54) is 0 Å². The van der Waals surface area contributed by atoms with Gasteiger partial charge < -0.3 is 16.4 Å². The lowest BCUT2D eigenvalue weighted by Crippen LogP contribution is -2.50. The molecule has 0 spiro atoms. The lowest BCUT2D eigenvalue weighted by Gasteiger charge is -2.34. The molecule has 20 heavy (non-hydrogen) atoms. The first-order valence-corrected chi connectivity index (χ1v) is 7.03. The largest absolute Gasteiger partial charge is 0.368 e. The molecule has 0 aromatic heterocycles. The molecule has 5 nitrogen and oxygen atoms in total. The fourth-order valence-corrected chi connectivity index (χ4v) is 2.73.